The third kappa shape index (κ3) is 4.53. The van der Waals surface area contributed by atoms with Gasteiger partial charge in [0.2, 0.25) is 0 Å². The lowest BCUT2D eigenvalue weighted by molar-refractivity contribution is 1.05. The first-order valence-corrected chi connectivity index (χ1v) is 9.98. The van der Waals surface area contributed by atoms with E-state index in [0.717, 1.165) is 0 Å². The molecule has 0 saturated heterocycles. The molecule has 0 heterocycles. The number of hydrogen-bond donors (Lipinski definition) is 0. The molecule has 0 N–H and O–H groups in total. The summed E-state index contributed by atoms with van der Waals surface area (Å²) >= 11 is 0. The second-order valence-corrected chi connectivity index (χ2v) is 8.55. The van der Waals surface area contributed by atoms with Crippen LogP contribution in [0.15, 0.2) is 91.0 Å². The Morgan fingerprint density at radius 2 is 1.00 bits per heavy atom. The van der Waals surface area contributed by atoms with Crippen molar-refractivity contribution in [3.05, 3.63) is 108 Å². The van der Waals surface area contributed by atoms with Crippen LogP contribution in [0.2, 0.25) is 0 Å². The van der Waals surface area contributed by atoms with Crippen molar-refractivity contribution in [2.24, 2.45) is 0 Å². The number of hydrogen-bond acceptors (Lipinski definition) is 0. The molecule has 3 aromatic rings. The molecule has 1 atom stereocenters. The second kappa shape index (κ2) is 8.09. The minimum atomic E-state index is -0.151. The summed E-state index contributed by atoms with van der Waals surface area (Å²) in [5.41, 5.74) is 4.98. The van der Waals surface area contributed by atoms with Crippen molar-refractivity contribution < 1.29 is 0 Å². The van der Waals surface area contributed by atoms with E-state index in [1.807, 2.05) is 0 Å². The van der Waals surface area contributed by atoms with Crippen LogP contribution < -0.4 is 0 Å². The first-order chi connectivity index (χ1) is 11.3. The fourth-order valence-corrected chi connectivity index (χ4v) is 5.52. The first kappa shape index (κ1) is 16.0. The maximum absolute atomic E-state index is 2.40. The maximum atomic E-state index is 2.40. The van der Waals surface area contributed by atoms with Gasteiger partial charge in [0.05, 0.1) is 0 Å². The van der Waals surface area contributed by atoms with Gasteiger partial charge >= 0.3 is 0 Å². The van der Waals surface area contributed by atoms with Crippen LogP contribution in [0.4, 0.5) is 0 Å². The van der Waals surface area contributed by atoms with E-state index in [4.69, 9.17) is 0 Å². The van der Waals surface area contributed by atoms with Gasteiger partial charge in [-0.3, -0.25) is 0 Å². The third-order valence-electron chi connectivity index (χ3n) is 4.29. The Balaban J connectivity index is 1.83. The molecule has 0 spiro atoms. The summed E-state index contributed by atoms with van der Waals surface area (Å²) in [7, 11) is -0.151. The van der Waals surface area contributed by atoms with Crippen molar-refractivity contribution in [2.45, 2.75) is 24.9 Å². The predicted octanol–water partition coefficient (Wildman–Crippen LogP) is 6.63. The molecular formula is C22H23P. The molecular weight excluding hydrogens is 295 g/mol. The highest BCUT2D eigenvalue weighted by Crippen LogP contribution is 2.55. The van der Waals surface area contributed by atoms with E-state index in [1.165, 1.54) is 29.0 Å². The van der Waals surface area contributed by atoms with Crippen LogP contribution in [0.3, 0.4) is 0 Å². The molecule has 0 saturated carbocycles. The highest BCUT2D eigenvalue weighted by molar-refractivity contribution is 7.56. The molecule has 0 fully saturated rings. The van der Waals surface area contributed by atoms with Gasteiger partial charge in [-0.05, 0) is 29.0 Å². The Bertz CT molecular complexity index is 650. The van der Waals surface area contributed by atoms with Gasteiger partial charge in [-0.2, -0.15) is 0 Å². The lowest BCUT2D eigenvalue weighted by Crippen LogP contribution is -1.98. The fourth-order valence-electron chi connectivity index (χ4n) is 2.91. The molecule has 23 heavy (non-hydrogen) atoms. The van der Waals surface area contributed by atoms with Crippen LogP contribution in [-0.4, -0.2) is 0 Å². The second-order valence-electron chi connectivity index (χ2n) is 5.96. The third-order valence-corrected chi connectivity index (χ3v) is 7.22. The topological polar surface area (TPSA) is 0 Å². The van der Waals surface area contributed by atoms with Gasteiger partial charge in [0.1, 0.15) is 0 Å². The minimum Gasteiger partial charge on any atom is -0.0903 e. The first-order valence-electron chi connectivity index (χ1n) is 8.20. The summed E-state index contributed by atoms with van der Waals surface area (Å²) in [5.74, 6) is 0. The largest absolute Gasteiger partial charge is 0.0903 e. The molecule has 0 aliphatic carbocycles. The monoisotopic (exact) mass is 318 g/mol. The Morgan fingerprint density at radius 3 is 1.43 bits per heavy atom. The molecule has 0 aromatic heterocycles. The van der Waals surface area contributed by atoms with E-state index in [0.29, 0.717) is 5.66 Å². The van der Waals surface area contributed by atoms with Crippen LogP contribution in [0, 0.1) is 0 Å². The molecule has 0 nitrogen and oxygen atoms in total. The maximum Gasteiger partial charge on any atom is 0.00194 e. The molecule has 1 unspecified atom stereocenters. The molecule has 0 bridgehead atoms. The van der Waals surface area contributed by atoms with Crippen molar-refractivity contribution >= 4 is 7.92 Å². The van der Waals surface area contributed by atoms with E-state index >= 15 is 0 Å². The van der Waals surface area contributed by atoms with Crippen LogP contribution >= 0.6 is 7.92 Å². The summed E-state index contributed by atoms with van der Waals surface area (Å²) in [6, 6.07) is 32.8. The fraction of sp³-hybridized carbons (Fsp3) is 0.182. The van der Waals surface area contributed by atoms with Crippen molar-refractivity contribution in [2.75, 3.05) is 0 Å². The Morgan fingerprint density at radius 1 is 0.609 bits per heavy atom. The molecule has 116 valence electrons. The van der Waals surface area contributed by atoms with Gasteiger partial charge in [0.25, 0.3) is 0 Å². The van der Waals surface area contributed by atoms with Gasteiger partial charge in [-0.1, -0.05) is 106 Å². The quantitative estimate of drug-likeness (QED) is 0.447. The van der Waals surface area contributed by atoms with Crippen molar-refractivity contribution in [3.63, 3.8) is 0 Å². The van der Waals surface area contributed by atoms with E-state index in [1.54, 1.807) is 0 Å². The predicted molar refractivity (Wildman–Crippen MR) is 102 cm³/mol. The SMILES string of the molecule is CC(c1ccccc1)P(Cc1ccccc1)Cc1ccccc1. The van der Waals surface area contributed by atoms with E-state index in [-0.39, 0.29) is 7.92 Å². The van der Waals surface area contributed by atoms with Gasteiger partial charge in [-0.15, -0.1) is 0 Å². The molecule has 3 rings (SSSR count). The van der Waals surface area contributed by atoms with Crippen molar-refractivity contribution in [1.82, 2.24) is 0 Å². The van der Waals surface area contributed by atoms with E-state index < -0.39 is 0 Å². The lowest BCUT2D eigenvalue weighted by atomic mass is 10.2. The standard InChI is InChI=1S/C22H23P/c1-19(22-15-9-4-10-16-22)23(17-20-11-5-2-6-12-20)18-21-13-7-3-8-14-21/h2-16,19H,17-18H2,1H3. The highest BCUT2D eigenvalue weighted by Gasteiger charge is 2.19. The molecule has 0 amide bonds. The van der Waals surface area contributed by atoms with Gasteiger partial charge in [0, 0.05) is 5.66 Å². The van der Waals surface area contributed by atoms with Gasteiger partial charge < -0.3 is 0 Å². The molecule has 0 aliphatic heterocycles. The molecule has 1 heteroatoms. The summed E-state index contributed by atoms with van der Waals surface area (Å²) in [5, 5.41) is 0. The summed E-state index contributed by atoms with van der Waals surface area (Å²) in [6.45, 7) is 2.40. The molecule has 0 radical (unpaired) electrons. The zero-order valence-corrected chi connectivity index (χ0v) is 14.5. The smallest absolute Gasteiger partial charge is 0.00194 e. The average Bonchev–Trinajstić information content (AvgIpc) is 2.63. The molecule has 3 aromatic carbocycles. The van der Waals surface area contributed by atoms with E-state index in [9.17, 15) is 0 Å². The van der Waals surface area contributed by atoms with Crippen molar-refractivity contribution in [3.8, 4) is 0 Å². The van der Waals surface area contributed by atoms with Crippen LogP contribution in [0.1, 0.15) is 29.3 Å². The Labute approximate surface area is 141 Å². The normalized spacial score (nSPS) is 12.3. The summed E-state index contributed by atoms with van der Waals surface area (Å²) in [4.78, 5) is 0. The number of benzene rings is 3. The summed E-state index contributed by atoms with van der Waals surface area (Å²) in [6.07, 6.45) is 2.36. The zero-order valence-electron chi connectivity index (χ0n) is 13.6. The van der Waals surface area contributed by atoms with Crippen LogP contribution in [0.25, 0.3) is 0 Å². The Kier molecular flexibility index (Phi) is 5.61. The lowest BCUT2D eigenvalue weighted by Gasteiger charge is -2.26. The van der Waals surface area contributed by atoms with Gasteiger partial charge in [0.15, 0.2) is 0 Å². The minimum absolute atomic E-state index is 0.151. The molecule has 0 aliphatic rings. The number of rotatable bonds is 6. The van der Waals surface area contributed by atoms with Crippen molar-refractivity contribution in [1.29, 1.82) is 0 Å². The van der Waals surface area contributed by atoms with Crippen LogP contribution in [-0.2, 0) is 12.3 Å². The summed E-state index contributed by atoms with van der Waals surface area (Å²) < 4.78 is 0. The van der Waals surface area contributed by atoms with Crippen LogP contribution in [0.5, 0.6) is 0 Å². The Hall–Kier alpha value is -1.91. The highest BCUT2D eigenvalue weighted by atomic mass is 31.1. The van der Waals surface area contributed by atoms with Gasteiger partial charge in [-0.25, -0.2) is 0 Å². The van der Waals surface area contributed by atoms with E-state index in [2.05, 4.69) is 97.9 Å². The zero-order chi connectivity index (χ0) is 15.9. The average molecular weight is 318 g/mol.